The maximum absolute atomic E-state index is 12.5. The molecule has 0 aliphatic rings. The van der Waals surface area contributed by atoms with Crippen molar-refractivity contribution in [3.8, 4) is 0 Å². The number of carboxylic acid groups (broad SMARTS) is 1. The highest BCUT2D eigenvalue weighted by Crippen LogP contribution is 2.17. The largest absolute Gasteiger partial charge is 0.481 e. The third kappa shape index (κ3) is 4.16. The molecule has 0 fully saturated rings. The van der Waals surface area contributed by atoms with Crippen molar-refractivity contribution in [3.05, 3.63) is 27.4 Å². The number of nitrogens with zero attached hydrogens (tertiary/aromatic N) is 2. The summed E-state index contributed by atoms with van der Waals surface area (Å²) < 4.78 is 0. The van der Waals surface area contributed by atoms with E-state index in [1.807, 2.05) is 20.8 Å². The lowest BCUT2D eigenvalue weighted by atomic mass is 9.95. The second-order valence-electron chi connectivity index (χ2n) is 6.15. The SMILES string of the molecule is CCN(CCC(=O)O)C(=O)c1c(C)nc(C(C)(C)C)[nH]c1=O. The average Bonchev–Trinajstić information content (AvgIpc) is 2.37. The number of carbonyl (C=O) groups excluding carboxylic acids is 1. The van der Waals surface area contributed by atoms with Crippen molar-refractivity contribution in [2.45, 2.75) is 46.5 Å². The van der Waals surface area contributed by atoms with Gasteiger partial charge in [0.2, 0.25) is 0 Å². The summed E-state index contributed by atoms with van der Waals surface area (Å²) in [5.41, 5.74) is -0.497. The molecule has 1 amide bonds. The van der Waals surface area contributed by atoms with E-state index in [0.29, 0.717) is 18.1 Å². The minimum Gasteiger partial charge on any atom is -0.481 e. The van der Waals surface area contributed by atoms with Gasteiger partial charge in [-0.2, -0.15) is 0 Å². The van der Waals surface area contributed by atoms with E-state index < -0.39 is 17.4 Å². The summed E-state index contributed by atoms with van der Waals surface area (Å²) in [5, 5.41) is 8.73. The molecular weight excluding hydrogens is 286 g/mol. The molecular formula is C15H23N3O4. The fraction of sp³-hybridized carbons (Fsp3) is 0.600. The van der Waals surface area contributed by atoms with Crippen LogP contribution in [-0.2, 0) is 10.2 Å². The summed E-state index contributed by atoms with van der Waals surface area (Å²) in [6, 6.07) is 0. The fourth-order valence-corrected chi connectivity index (χ4v) is 1.98. The fourth-order valence-electron chi connectivity index (χ4n) is 1.98. The van der Waals surface area contributed by atoms with Crippen LogP contribution in [0.4, 0.5) is 0 Å². The minimum absolute atomic E-state index is 0.0276. The lowest BCUT2D eigenvalue weighted by molar-refractivity contribution is -0.137. The average molecular weight is 309 g/mol. The molecule has 2 N–H and O–H groups in total. The van der Waals surface area contributed by atoms with Gasteiger partial charge in [0.1, 0.15) is 11.4 Å². The van der Waals surface area contributed by atoms with E-state index in [0.717, 1.165) is 0 Å². The topological polar surface area (TPSA) is 103 Å². The molecule has 0 saturated heterocycles. The summed E-state index contributed by atoms with van der Waals surface area (Å²) in [5.74, 6) is -0.964. The van der Waals surface area contributed by atoms with Crippen LogP contribution in [0.5, 0.6) is 0 Å². The Morgan fingerprint density at radius 3 is 2.32 bits per heavy atom. The Morgan fingerprint density at radius 2 is 1.91 bits per heavy atom. The van der Waals surface area contributed by atoms with Gasteiger partial charge in [0.25, 0.3) is 11.5 Å². The third-order valence-electron chi connectivity index (χ3n) is 3.29. The number of carboxylic acids is 1. The number of carbonyl (C=O) groups is 2. The lowest BCUT2D eigenvalue weighted by Gasteiger charge is -2.22. The number of H-pyrrole nitrogens is 1. The van der Waals surface area contributed by atoms with Gasteiger partial charge in [-0.1, -0.05) is 20.8 Å². The standard InChI is InChI=1S/C15H23N3O4/c1-6-18(8-7-10(19)20)13(22)11-9(2)16-14(15(3,4)5)17-12(11)21/h6-8H2,1-5H3,(H,19,20)(H,16,17,21). The molecule has 122 valence electrons. The van der Waals surface area contributed by atoms with Gasteiger partial charge in [-0.3, -0.25) is 14.4 Å². The molecule has 1 aromatic rings. The number of aromatic amines is 1. The van der Waals surface area contributed by atoms with E-state index in [-0.39, 0.29) is 23.9 Å². The maximum Gasteiger partial charge on any atom is 0.305 e. The summed E-state index contributed by atoms with van der Waals surface area (Å²) >= 11 is 0. The van der Waals surface area contributed by atoms with E-state index in [9.17, 15) is 14.4 Å². The summed E-state index contributed by atoms with van der Waals surface area (Å²) in [6.07, 6.45) is -0.163. The zero-order valence-electron chi connectivity index (χ0n) is 13.7. The maximum atomic E-state index is 12.5. The van der Waals surface area contributed by atoms with Crippen molar-refractivity contribution in [1.82, 2.24) is 14.9 Å². The second kappa shape index (κ2) is 6.72. The first-order chi connectivity index (χ1) is 10.1. The number of hydrogen-bond donors (Lipinski definition) is 2. The van der Waals surface area contributed by atoms with Crippen LogP contribution < -0.4 is 5.56 Å². The number of aryl methyl sites for hydroxylation is 1. The highest BCUT2D eigenvalue weighted by Gasteiger charge is 2.24. The number of aliphatic carboxylic acids is 1. The zero-order valence-corrected chi connectivity index (χ0v) is 13.7. The van der Waals surface area contributed by atoms with Crippen LogP contribution >= 0.6 is 0 Å². The molecule has 0 saturated carbocycles. The number of rotatable bonds is 5. The lowest BCUT2D eigenvalue weighted by Crippen LogP contribution is -2.38. The molecule has 0 aliphatic heterocycles. The van der Waals surface area contributed by atoms with Gasteiger partial charge < -0.3 is 15.0 Å². The minimum atomic E-state index is -0.988. The number of aromatic nitrogens is 2. The molecule has 0 aliphatic carbocycles. The molecule has 22 heavy (non-hydrogen) atoms. The first-order valence-corrected chi connectivity index (χ1v) is 7.20. The van der Waals surface area contributed by atoms with Crippen LogP contribution in [0.15, 0.2) is 4.79 Å². The predicted octanol–water partition coefficient (Wildman–Crippen LogP) is 1.31. The number of amides is 1. The van der Waals surface area contributed by atoms with Gasteiger partial charge in [0.05, 0.1) is 12.1 Å². The van der Waals surface area contributed by atoms with Gasteiger partial charge >= 0.3 is 5.97 Å². The van der Waals surface area contributed by atoms with E-state index in [4.69, 9.17) is 5.11 Å². The monoisotopic (exact) mass is 309 g/mol. The molecule has 0 bridgehead atoms. The van der Waals surface area contributed by atoms with Gasteiger partial charge in [0, 0.05) is 18.5 Å². The molecule has 1 heterocycles. The second-order valence-corrected chi connectivity index (χ2v) is 6.15. The van der Waals surface area contributed by atoms with E-state index >= 15 is 0 Å². The first kappa shape index (κ1) is 17.9. The Bertz CT molecular complexity index is 629. The molecule has 7 heteroatoms. The molecule has 0 atom stereocenters. The van der Waals surface area contributed by atoms with Crippen molar-refractivity contribution in [2.75, 3.05) is 13.1 Å². The van der Waals surface area contributed by atoms with Crippen molar-refractivity contribution in [3.63, 3.8) is 0 Å². The van der Waals surface area contributed by atoms with Gasteiger partial charge in [0.15, 0.2) is 0 Å². The predicted molar refractivity (Wildman–Crippen MR) is 82.1 cm³/mol. The Balaban J connectivity index is 3.18. The van der Waals surface area contributed by atoms with Crippen LogP contribution in [0.1, 0.15) is 56.0 Å². The number of hydrogen-bond acceptors (Lipinski definition) is 4. The summed E-state index contributed by atoms with van der Waals surface area (Å²) in [4.78, 5) is 43.7. The Labute approximate surface area is 129 Å². The molecule has 0 spiro atoms. The Hall–Kier alpha value is -2.18. The summed E-state index contributed by atoms with van der Waals surface area (Å²) in [7, 11) is 0. The van der Waals surface area contributed by atoms with Crippen molar-refractivity contribution >= 4 is 11.9 Å². The summed E-state index contributed by atoms with van der Waals surface area (Å²) in [6.45, 7) is 9.48. The third-order valence-corrected chi connectivity index (χ3v) is 3.29. The van der Waals surface area contributed by atoms with Crippen LogP contribution in [0.2, 0.25) is 0 Å². The van der Waals surface area contributed by atoms with Crippen molar-refractivity contribution in [2.24, 2.45) is 0 Å². The quantitative estimate of drug-likeness (QED) is 0.853. The molecule has 0 radical (unpaired) electrons. The highest BCUT2D eigenvalue weighted by molar-refractivity contribution is 5.95. The van der Waals surface area contributed by atoms with Crippen LogP contribution in [-0.4, -0.2) is 44.9 Å². The van der Waals surface area contributed by atoms with Crippen LogP contribution in [0.25, 0.3) is 0 Å². The molecule has 0 aromatic carbocycles. The molecule has 7 nitrogen and oxygen atoms in total. The first-order valence-electron chi connectivity index (χ1n) is 7.20. The Morgan fingerprint density at radius 1 is 1.32 bits per heavy atom. The molecule has 1 aromatic heterocycles. The van der Waals surface area contributed by atoms with Crippen LogP contribution in [0, 0.1) is 6.92 Å². The normalized spacial score (nSPS) is 11.3. The Kier molecular flexibility index (Phi) is 5.46. The van der Waals surface area contributed by atoms with Crippen LogP contribution in [0.3, 0.4) is 0 Å². The number of nitrogens with one attached hydrogen (secondary N) is 1. The zero-order chi connectivity index (χ0) is 17.1. The van der Waals surface area contributed by atoms with Gasteiger partial charge in [-0.25, -0.2) is 4.98 Å². The van der Waals surface area contributed by atoms with E-state index in [1.165, 1.54) is 4.90 Å². The molecule has 1 rings (SSSR count). The smallest absolute Gasteiger partial charge is 0.305 e. The van der Waals surface area contributed by atoms with E-state index in [1.54, 1.807) is 13.8 Å². The highest BCUT2D eigenvalue weighted by atomic mass is 16.4. The van der Waals surface area contributed by atoms with Crippen molar-refractivity contribution in [1.29, 1.82) is 0 Å². The molecule has 0 unspecified atom stereocenters. The van der Waals surface area contributed by atoms with Crippen molar-refractivity contribution < 1.29 is 14.7 Å². The van der Waals surface area contributed by atoms with Gasteiger partial charge in [-0.15, -0.1) is 0 Å². The van der Waals surface area contributed by atoms with E-state index in [2.05, 4.69) is 9.97 Å². The van der Waals surface area contributed by atoms with Gasteiger partial charge in [-0.05, 0) is 13.8 Å².